The maximum atomic E-state index is 11.5. The number of likely N-dealkylation sites (tertiary alicyclic amines) is 1. The molecule has 1 N–H and O–H groups in total. The van der Waals surface area contributed by atoms with Gasteiger partial charge in [0.1, 0.15) is 0 Å². The number of aliphatic hydroxyl groups is 1. The van der Waals surface area contributed by atoms with Crippen molar-refractivity contribution in [1.29, 1.82) is 0 Å². The highest BCUT2D eigenvalue weighted by Gasteiger charge is 2.53. The minimum Gasteiger partial charge on any atom is -0.384 e. The van der Waals surface area contributed by atoms with E-state index in [4.69, 9.17) is 6.92 Å². The predicted molar refractivity (Wildman–Crippen MR) is 91.7 cm³/mol. The first kappa shape index (κ1) is 14.9. The third-order valence-electron chi connectivity index (χ3n) is 5.66. The lowest BCUT2D eigenvalue weighted by atomic mass is 9.75. The fraction of sp³-hybridized carbons (Fsp3) is 0.381. The van der Waals surface area contributed by atoms with Gasteiger partial charge in [0.2, 0.25) is 0 Å². The van der Waals surface area contributed by atoms with Crippen LogP contribution in [-0.2, 0) is 12.1 Å². The van der Waals surface area contributed by atoms with Gasteiger partial charge in [0.15, 0.2) is 0 Å². The second kappa shape index (κ2) is 5.77. The molecule has 2 aromatic rings. The second-order valence-corrected chi connectivity index (χ2v) is 7.10. The summed E-state index contributed by atoms with van der Waals surface area (Å²) in [7, 11) is 0. The molecule has 2 radical (unpaired) electrons. The summed E-state index contributed by atoms with van der Waals surface area (Å²) in [5.41, 5.74) is 2.38. The van der Waals surface area contributed by atoms with E-state index in [1.165, 1.54) is 5.56 Å². The maximum Gasteiger partial charge on any atom is 0.0977 e. The summed E-state index contributed by atoms with van der Waals surface area (Å²) in [5.74, 6) is 0.596. The van der Waals surface area contributed by atoms with E-state index in [2.05, 4.69) is 35.2 Å². The summed E-state index contributed by atoms with van der Waals surface area (Å²) in [4.78, 5) is 2.50. The molecule has 0 aromatic heterocycles. The SMILES string of the molecule is [CH]c1cccc(C2(O)C3CCC2CN(Cc2ccccc2)C3)c1. The van der Waals surface area contributed by atoms with E-state index in [1.807, 2.05) is 24.3 Å². The van der Waals surface area contributed by atoms with Crippen molar-refractivity contribution in [2.45, 2.75) is 25.0 Å². The molecule has 1 aliphatic heterocycles. The quantitative estimate of drug-likeness (QED) is 0.938. The van der Waals surface area contributed by atoms with Gasteiger partial charge in [-0.1, -0.05) is 54.6 Å². The molecule has 23 heavy (non-hydrogen) atoms. The summed E-state index contributed by atoms with van der Waals surface area (Å²) in [6.45, 7) is 8.83. The summed E-state index contributed by atoms with van der Waals surface area (Å²) in [6.07, 6.45) is 2.20. The van der Waals surface area contributed by atoms with Crippen LogP contribution in [0.1, 0.15) is 29.5 Å². The van der Waals surface area contributed by atoms with Crippen LogP contribution in [0.5, 0.6) is 0 Å². The van der Waals surface area contributed by atoms with E-state index in [1.54, 1.807) is 0 Å². The van der Waals surface area contributed by atoms with Crippen LogP contribution in [0.25, 0.3) is 0 Å². The van der Waals surface area contributed by atoms with Crippen molar-refractivity contribution in [3.63, 3.8) is 0 Å². The third kappa shape index (κ3) is 2.60. The van der Waals surface area contributed by atoms with Crippen LogP contribution < -0.4 is 0 Å². The van der Waals surface area contributed by atoms with Crippen LogP contribution in [0.3, 0.4) is 0 Å². The minimum absolute atomic E-state index is 0.298. The normalized spacial score (nSPS) is 30.5. The van der Waals surface area contributed by atoms with Gasteiger partial charge in [-0.15, -0.1) is 0 Å². The topological polar surface area (TPSA) is 23.5 Å². The lowest BCUT2D eigenvalue weighted by Crippen LogP contribution is -2.51. The lowest BCUT2D eigenvalue weighted by molar-refractivity contribution is -0.0914. The van der Waals surface area contributed by atoms with Crippen LogP contribution in [0, 0.1) is 18.8 Å². The zero-order valence-corrected chi connectivity index (χ0v) is 13.4. The molecule has 2 heteroatoms. The molecule has 2 aliphatic rings. The van der Waals surface area contributed by atoms with Crippen molar-refractivity contribution in [2.24, 2.45) is 11.8 Å². The van der Waals surface area contributed by atoms with Gasteiger partial charge in [0.05, 0.1) is 5.60 Å². The zero-order chi connectivity index (χ0) is 15.9. The molecule has 2 unspecified atom stereocenters. The fourth-order valence-corrected chi connectivity index (χ4v) is 4.56. The first-order valence-corrected chi connectivity index (χ1v) is 8.51. The monoisotopic (exact) mass is 305 g/mol. The number of nitrogens with zero attached hydrogens (tertiary/aromatic N) is 1. The van der Waals surface area contributed by atoms with E-state index in [-0.39, 0.29) is 0 Å². The van der Waals surface area contributed by atoms with Gasteiger partial charge in [-0.3, -0.25) is 4.90 Å². The standard InChI is InChI=1S/C21H23NO/c1-16-6-5-9-18(12-16)21(23)19-10-11-20(21)15-22(14-19)13-17-7-3-2-4-8-17/h1-9,12,19-20,23H,10-11,13-15H2. The highest BCUT2D eigenvalue weighted by Crippen LogP contribution is 2.51. The Morgan fingerprint density at radius 2 is 1.70 bits per heavy atom. The maximum absolute atomic E-state index is 11.5. The lowest BCUT2D eigenvalue weighted by Gasteiger charge is -2.45. The summed E-state index contributed by atoms with van der Waals surface area (Å²) in [5, 5.41) is 11.5. The van der Waals surface area contributed by atoms with Crippen molar-refractivity contribution in [1.82, 2.24) is 4.90 Å². The van der Waals surface area contributed by atoms with E-state index in [0.29, 0.717) is 11.8 Å². The Labute approximate surface area is 138 Å². The third-order valence-corrected chi connectivity index (χ3v) is 5.66. The van der Waals surface area contributed by atoms with Crippen molar-refractivity contribution < 1.29 is 5.11 Å². The molecule has 2 aromatic carbocycles. The van der Waals surface area contributed by atoms with Crippen molar-refractivity contribution in [3.8, 4) is 0 Å². The first-order chi connectivity index (χ1) is 11.2. The van der Waals surface area contributed by atoms with Crippen molar-refractivity contribution in [2.75, 3.05) is 13.1 Å². The average molecular weight is 305 g/mol. The Morgan fingerprint density at radius 1 is 1.00 bits per heavy atom. The first-order valence-electron chi connectivity index (χ1n) is 8.51. The van der Waals surface area contributed by atoms with Gasteiger partial charge >= 0.3 is 0 Å². The number of benzene rings is 2. The highest BCUT2D eigenvalue weighted by atomic mass is 16.3. The molecule has 2 bridgehead atoms. The molecule has 1 saturated carbocycles. The summed E-state index contributed by atoms with van der Waals surface area (Å²) in [6, 6.07) is 18.4. The van der Waals surface area contributed by atoms with Crippen molar-refractivity contribution >= 4 is 0 Å². The van der Waals surface area contributed by atoms with Gasteiger partial charge in [-0.2, -0.15) is 0 Å². The fourth-order valence-electron chi connectivity index (χ4n) is 4.56. The number of hydrogen-bond donors (Lipinski definition) is 1. The van der Waals surface area contributed by atoms with Gasteiger partial charge in [-0.25, -0.2) is 0 Å². The van der Waals surface area contributed by atoms with Gasteiger partial charge < -0.3 is 5.11 Å². The van der Waals surface area contributed by atoms with Crippen LogP contribution in [0.15, 0.2) is 54.6 Å². The Kier molecular flexibility index (Phi) is 3.74. The number of hydrogen-bond acceptors (Lipinski definition) is 2. The van der Waals surface area contributed by atoms with E-state index >= 15 is 0 Å². The molecular weight excluding hydrogens is 282 g/mol. The number of rotatable bonds is 3. The summed E-state index contributed by atoms with van der Waals surface area (Å²) >= 11 is 0. The Hall–Kier alpha value is -1.64. The number of piperidine rings is 1. The summed E-state index contributed by atoms with van der Waals surface area (Å²) < 4.78 is 0. The number of fused-ring (bicyclic) bond motifs is 2. The predicted octanol–water partition coefficient (Wildman–Crippen LogP) is 3.48. The molecule has 2 nitrogen and oxygen atoms in total. The second-order valence-electron chi connectivity index (χ2n) is 7.10. The minimum atomic E-state index is -0.706. The molecule has 4 rings (SSSR count). The van der Waals surface area contributed by atoms with Crippen LogP contribution in [0.2, 0.25) is 0 Å². The smallest absolute Gasteiger partial charge is 0.0977 e. The molecule has 2 atom stereocenters. The van der Waals surface area contributed by atoms with Crippen LogP contribution in [-0.4, -0.2) is 23.1 Å². The Balaban J connectivity index is 1.56. The highest BCUT2D eigenvalue weighted by molar-refractivity contribution is 5.33. The zero-order valence-electron chi connectivity index (χ0n) is 13.4. The van der Waals surface area contributed by atoms with Gasteiger partial charge in [-0.05, 0) is 36.5 Å². The van der Waals surface area contributed by atoms with E-state index in [9.17, 15) is 5.11 Å². The molecule has 2 fully saturated rings. The Bertz CT molecular complexity index is 667. The molecule has 118 valence electrons. The molecular formula is C21H23NO. The molecule has 1 heterocycles. The molecule has 1 saturated heterocycles. The molecule has 0 amide bonds. The van der Waals surface area contributed by atoms with E-state index in [0.717, 1.165) is 43.6 Å². The van der Waals surface area contributed by atoms with E-state index < -0.39 is 5.60 Å². The van der Waals surface area contributed by atoms with Gasteiger partial charge in [0, 0.05) is 31.5 Å². The van der Waals surface area contributed by atoms with Crippen molar-refractivity contribution in [3.05, 3.63) is 78.2 Å². The Morgan fingerprint density at radius 3 is 2.35 bits per heavy atom. The van der Waals surface area contributed by atoms with Gasteiger partial charge in [0.25, 0.3) is 0 Å². The van der Waals surface area contributed by atoms with Crippen LogP contribution >= 0.6 is 0 Å². The average Bonchev–Trinajstić information content (AvgIpc) is 2.74. The largest absolute Gasteiger partial charge is 0.384 e. The molecule has 1 aliphatic carbocycles. The van der Waals surface area contributed by atoms with Crippen LogP contribution in [0.4, 0.5) is 0 Å². The molecule has 0 spiro atoms.